The highest BCUT2D eigenvalue weighted by Gasteiger charge is 2.42. The second kappa shape index (κ2) is 6.17. The largest absolute Gasteiger partial charge is 0.377 e. The molecule has 1 atom stereocenters. The van der Waals surface area contributed by atoms with Gasteiger partial charge in [0.15, 0.2) is 0 Å². The molecule has 2 nitrogen and oxygen atoms in total. The maximum atomic E-state index is 6.55. The summed E-state index contributed by atoms with van der Waals surface area (Å²) >= 11 is 1.90. The average Bonchev–Trinajstić information content (AvgIpc) is 2.87. The van der Waals surface area contributed by atoms with E-state index in [2.05, 4.69) is 32.9 Å². The van der Waals surface area contributed by atoms with Crippen LogP contribution >= 0.6 is 11.3 Å². The zero-order valence-electron chi connectivity index (χ0n) is 13.4. The van der Waals surface area contributed by atoms with Crippen molar-refractivity contribution in [3.63, 3.8) is 0 Å². The van der Waals surface area contributed by atoms with Crippen LogP contribution in [0.25, 0.3) is 0 Å². The standard InChI is InChI=1S/C17H29NOS/c1-5-13-6-7-14(20-13)12-15(18)17(19-4)10-8-16(2,3)9-11-17/h6-7,15H,5,8-12,18H2,1-4H3. The SMILES string of the molecule is CCc1ccc(CC(N)C2(OC)CCC(C)(C)CC2)s1. The lowest BCUT2D eigenvalue weighted by Crippen LogP contribution is -2.53. The molecule has 3 heteroatoms. The maximum Gasteiger partial charge on any atom is 0.0832 e. The first-order chi connectivity index (χ1) is 9.41. The highest BCUT2D eigenvalue weighted by Crippen LogP contribution is 2.43. The number of hydrogen-bond donors (Lipinski definition) is 1. The van der Waals surface area contributed by atoms with Crippen molar-refractivity contribution in [1.29, 1.82) is 0 Å². The normalized spacial score (nSPS) is 22.6. The summed E-state index contributed by atoms with van der Waals surface area (Å²) in [6, 6.07) is 4.57. The lowest BCUT2D eigenvalue weighted by Gasteiger charge is -2.45. The molecule has 0 amide bonds. The Balaban J connectivity index is 2.03. The lowest BCUT2D eigenvalue weighted by atomic mass is 9.68. The van der Waals surface area contributed by atoms with Gasteiger partial charge in [0, 0.05) is 22.9 Å². The predicted molar refractivity (Wildman–Crippen MR) is 87.4 cm³/mol. The van der Waals surface area contributed by atoms with Crippen molar-refractivity contribution in [3.05, 3.63) is 21.9 Å². The second-order valence-electron chi connectivity index (χ2n) is 6.97. The van der Waals surface area contributed by atoms with Crippen LogP contribution in [0, 0.1) is 5.41 Å². The fraction of sp³-hybridized carbons (Fsp3) is 0.765. The molecule has 1 heterocycles. The van der Waals surface area contributed by atoms with Crippen molar-refractivity contribution < 1.29 is 4.74 Å². The summed E-state index contributed by atoms with van der Waals surface area (Å²) in [5, 5.41) is 0. The van der Waals surface area contributed by atoms with Crippen LogP contribution in [0.4, 0.5) is 0 Å². The van der Waals surface area contributed by atoms with Crippen molar-refractivity contribution in [2.24, 2.45) is 11.1 Å². The van der Waals surface area contributed by atoms with Crippen molar-refractivity contribution in [2.45, 2.75) is 70.9 Å². The van der Waals surface area contributed by atoms with E-state index in [4.69, 9.17) is 10.5 Å². The Kier molecular flexibility index (Phi) is 4.93. The van der Waals surface area contributed by atoms with E-state index in [1.54, 1.807) is 0 Å². The molecular weight excluding hydrogens is 266 g/mol. The third-order valence-electron chi connectivity index (χ3n) is 5.02. The van der Waals surface area contributed by atoms with E-state index in [0.29, 0.717) is 5.41 Å². The first-order valence-corrected chi connectivity index (χ1v) is 8.61. The summed E-state index contributed by atoms with van der Waals surface area (Å²) in [6.07, 6.45) is 6.65. The van der Waals surface area contributed by atoms with Crippen LogP contribution in [-0.2, 0) is 17.6 Å². The number of thiophene rings is 1. The van der Waals surface area contributed by atoms with Crippen LogP contribution < -0.4 is 5.73 Å². The van der Waals surface area contributed by atoms with Gasteiger partial charge in [0.25, 0.3) is 0 Å². The van der Waals surface area contributed by atoms with E-state index in [-0.39, 0.29) is 11.6 Å². The molecule has 1 saturated carbocycles. The van der Waals surface area contributed by atoms with Gasteiger partial charge in [0.05, 0.1) is 5.60 Å². The van der Waals surface area contributed by atoms with Crippen molar-refractivity contribution >= 4 is 11.3 Å². The summed E-state index contributed by atoms with van der Waals surface area (Å²) in [5.41, 5.74) is 6.87. The van der Waals surface area contributed by atoms with Crippen molar-refractivity contribution in [2.75, 3.05) is 7.11 Å². The zero-order chi connectivity index (χ0) is 14.8. The monoisotopic (exact) mass is 295 g/mol. The minimum Gasteiger partial charge on any atom is -0.377 e. The van der Waals surface area contributed by atoms with Crippen LogP contribution in [0.1, 0.15) is 56.2 Å². The molecule has 0 aromatic carbocycles. The molecule has 0 aliphatic heterocycles. The number of nitrogens with two attached hydrogens (primary N) is 1. The molecule has 1 aliphatic carbocycles. The molecule has 0 radical (unpaired) electrons. The highest BCUT2D eigenvalue weighted by molar-refractivity contribution is 7.11. The summed E-state index contributed by atoms with van der Waals surface area (Å²) in [5.74, 6) is 0. The van der Waals surface area contributed by atoms with Gasteiger partial charge in [-0.3, -0.25) is 0 Å². The second-order valence-corrected chi connectivity index (χ2v) is 8.22. The molecule has 114 valence electrons. The van der Waals surface area contributed by atoms with Gasteiger partial charge >= 0.3 is 0 Å². The van der Waals surface area contributed by atoms with E-state index in [0.717, 1.165) is 25.7 Å². The Bertz CT molecular complexity index is 428. The van der Waals surface area contributed by atoms with E-state index in [1.807, 2.05) is 18.4 Å². The Morgan fingerprint density at radius 2 is 1.80 bits per heavy atom. The summed E-state index contributed by atoms with van der Waals surface area (Å²) in [7, 11) is 1.84. The maximum absolute atomic E-state index is 6.55. The van der Waals surface area contributed by atoms with Gasteiger partial charge in [0.1, 0.15) is 0 Å². The van der Waals surface area contributed by atoms with Gasteiger partial charge in [-0.25, -0.2) is 0 Å². The number of methoxy groups -OCH3 is 1. The number of aryl methyl sites for hydroxylation is 1. The van der Waals surface area contributed by atoms with E-state index in [9.17, 15) is 0 Å². The van der Waals surface area contributed by atoms with Gasteiger partial charge in [-0.15, -0.1) is 11.3 Å². The lowest BCUT2D eigenvalue weighted by molar-refractivity contribution is -0.0780. The van der Waals surface area contributed by atoms with Crippen LogP contribution in [0.3, 0.4) is 0 Å². The fourth-order valence-electron chi connectivity index (χ4n) is 3.20. The van der Waals surface area contributed by atoms with Gasteiger partial charge in [0.2, 0.25) is 0 Å². The Labute approximate surface area is 127 Å². The van der Waals surface area contributed by atoms with Gasteiger partial charge in [-0.2, -0.15) is 0 Å². The average molecular weight is 295 g/mol. The molecule has 1 aliphatic rings. The molecule has 1 aromatic rings. The fourth-order valence-corrected chi connectivity index (χ4v) is 4.22. The quantitative estimate of drug-likeness (QED) is 0.885. The van der Waals surface area contributed by atoms with Crippen LogP contribution in [0.15, 0.2) is 12.1 Å². The van der Waals surface area contributed by atoms with Crippen LogP contribution in [-0.4, -0.2) is 18.8 Å². The van der Waals surface area contributed by atoms with E-state index in [1.165, 1.54) is 22.6 Å². The number of hydrogen-bond acceptors (Lipinski definition) is 3. The van der Waals surface area contributed by atoms with Crippen molar-refractivity contribution in [1.82, 2.24) is 0 Å². The Morgan fingerprint density at radius 3 is 2.30 bits per heavy atom. The molecule has 1 unspecified atom stereocenters. The van der Waals surface area contributed by atoms with Gasteiger partial charge < -0.3 is 10.5 Å². The summed E-state index contributed by atoms with van der Waals surface area (Å²) in [4.78, 5) is 2.85. The van der Waals surface area contributed by atoms with Gasteiger partial charge in [-0.1, -0.05) is 20.8 Å². The Morgan fingerprint density at radius 1 is 1.20 bits per heavy atom. The molecule has 1 aromatic heterocycles. The van der Waals surface area contributed by atoms with Gasteiger partial charge in [-0.05, 0) is 56.1 Å². The molecular formula is C17H29NOS. The molecule has 0 saturated heterocycles. The van der Waals surface area contributed by atoms with Crippen LogP contribution in [0.5, 0.6) is 0 Å². The third-order valence-corrected chi connectivity index (χ3v) is 6.27. The zero-order valence-corrected chi connectivity index (χ0v) is 14.2. The first kappa shape index (κ1) is 16.0. The minimum atomic E-state index is -0.119. The summed E-state index contributed by atoms with van der Waals surface area (Å²) in [6.45, 7) is 6.91. The highest BCUT2D eigenvalue weighted by atomic mass is 32.1. The minimum absolute atomic E-state index is 0.104. The molecule has 0 bridgehead atoms. The predicted octanol–water partition coefficient (Wildman–Crippen LogP) is 4.17. The molecule has 2 N–H and O–H groups in total. The molecule has 2 rings (SSSR count). The van der Waals surface area contributed by atoms with Crippen LogP contribution in [0.2, 0.25) is 0 Å². The Hall–Kier alpha value is -0.380. The number of ether oxygens (including phenoxy) is 1. The molecule has 20 heavy (non-hydrogen) atoms. The number of rotatable bonds is 5. The van der Waals surface area contributed by atoms with E-state index >= 15 is 0 Å². The molecule has 0 spiro atoms. The molecule has 1 fully saturated rings. The van der Waals surface area contributed by atoms with E-state index < -0.39 is 0 Å². The summed E-state index contributed by atoms with van der Waals surface area (Å²) < 4.78 is 5.92. The topological polar surface area (TPSA) is 35.2 Å². The first-order valence-electron chi connectivity index (χ1n) is 7.79. The third kappa shape index (κ3) is 3.44. The smallest absolute Gasteiger partial charge is 0.0832 e. The van der Waals surface area contributed by atoms with Crippen molar-refractivity contribution in [3.8, 4) is 0 Å².